The Hall–Kier alpha value is -1.52. The summed E-state index contributed by atoms with van der Waals surface area (Å²) >= 11 is 3.55. The van der Waals surface area contributed by atoms with Gasteiger partial charge in [0.05, 0.1) is 6.61 Å². The van der Waals surface area contributed by atoms with Gasteiger partial charge < -0.3 is 14.8 Å². The maximum absolute atomic E-state index is 5.93. The van der Waals surface area contributed by atoms with Crippen LogP contribution in [0.2, 0.25) is 0 Å². The van der Waals surface area contributed by atoms with Crippen LogP contribution in [0, 0.1) is 0 Å². The first kappa shape index (κ1) is 14.4. The molecular weight excluding hydrogens is 330 g/mol. The summed E-state index contributed by atoms with van der Waals surface area (Å²) in [5.41, 5.74) is 3.56. The Labute approximate surface area is 133 Å². The Morgan fingerprint density at radius 3 is 3.05 bits per heavy atom. The predicted octanol–water partition coefficient (Wildman–Crippen LogP) is 3.68. The van der Waals surface area contributed by atoms with Gasteiger partial charge in [-0.15, -0.1) is 0 Å². The molecule has 1 aliphatic heterocycles. The van der Waals surface area contributed by atoms with Gasteiger partial charge in [0, 0.05) is 23.0 Å². The molecule has 0 aliphatic carbocycles. The molecule has 0 aromatic heterocycles. The van der Waals surface area contributed by atoms with E-state index in [-0.39, 0.29) is 0 Å². The van der Waals surface area contributed by atoms with E-state index in [1.54, 1.807) is 0 Å². The molecule has 0 saturated carbocycles. The fourth-order valence-electron chi connectivity index (χ4n) is 2.56. The Morgan fingerprint density at radius 2 is 2.19 bits per heavy atom. The molecule has 0 fully saturated rings. The maximum atomic E-state index is 5.93. The molecule has 3 rings (SSSR count). The van der Waals surface area contributed by atoms with E-state index in [9.17, 15) is 0 Å². The summed E-state index contributed by atoms with van der Waals surface area (Å²) in [5.74, 6) is 1.87. The lowest BCUT2D eigenvalue weighted by atomic mass is 10.1. The van der Waals surface area contributed by atoms with Gasteiger partial charge in [0.25, 0.3) is 0 Å². The number of benzene rings is 2. The fraction of sp³-hybridized carbons (Fsp3) is 0.294. The number of hydrogen-bond acceptors (Lipinski definition) is 3. The highest BCUT2D eigenvalue weighted by Gasteiger charge is 2.17. The summed E-state index contributed by atoms with van der Waals surface area (Å²) in [5, 5.41) is 3.14. The summed E-state index contributed by atoms with van der Waals surface area (Å²) in [4.78, 5) is 0. The average Bonchev–Trinajstić information content (AvgIpc) is 2.93. The maximum Gasteiger partial charge on any atom is 0.129 e. The monoisotopic (exact) mass is 347 g/mol. The molecule has 1 N–H and O–H groups in total. The van der Waals surface area contributed by atoms with Crippen LogP contribution in [0.1, 0.15) is 16.7 Å². The van der Waals surface area contributed by atoms with E-state index in [1.807, 2.05) is 19.2 Å². The molecule has 2 aromatic rings. The molecule has 3 nitrogen and oxygen atoms in total. The molecule has 0 amide bonds. The normalized spacial score (nSPS) is 12.9. The topological polar surface area (TPSA) is 30.5 Å². The largest absolute Gasteiger partial charge is 0.493 e. The van der Waals surface area contributed by atoms with Crippen molar-refractivity contribution in [1.29, 1.82) is 0 Å². The van der Waals surface area contributed by atoms with Crippen molar-refractivity contribution >= 4 is 15.9 Å². The van der Waals surface area contributed by atoms with E-state index in [4.69, 9.17) is 9.47 Å². The molecule has 110 valence electrons. The van der Waals surface area contributed by atoms with Gasteiger partial charge in [-0.05, 0) is 42.4 Å². The first-order valence-corrected chi connectivity index (χ1v) is 7.86. The van der Waals surface area contributed by atoms with Gasteiger partial charge >= 0.3 is 0 Å². The van der Waals surface area contributed by atoms with E-state index < -0.39 is 0 Å². The van der Waals surface area contributed by atoms with Crippen molar-refractivity contribution in [1.82, 2.24) is 5.32 Å². The van der Waals surface area contributed by atoms with Crippen LogP contribution in [-0.4, -0.2) is 13.7 Å². The van der Waals surface area contributed by atoms with Crippen molar-refractivity contribution in [3.63, 3.8) is 0 Å². The number of hydrogen-bond donors (Lipinski definition) is 1. The van der Waals surface area contributed by atoms with Crippen LogP contribution < -0.4 is 14.8 Å². The summed E-state index contributed by atoms with van der Waals surface area (Å²) in [6.45, 7) is 2.12. The lowest BCUT2D eigenvalue weighted by Gasteiger charge is -2.11. The summed E-state index contributed by atoms with van der Waals surface area (Å²) in [7, 11) is 1.94. The second-order valence-electron chi connectivity index (χ2n) is 5.12. The van der Waals surface area contributed by atoms with Crippen molar-refractivity contribution in [2.75, 3.05) is 13.7 Å². The SMILES string of the molecule is CNCc1cccc(OCc2cc(Br)cc3c2OCC3)c1. The van der Waals surface area contributed by atoms with Crippen LogP contribution in [0.25, 0.3) is 0 Å². The average molecular weight is 348 g/mol. The molecule has 21 heavy (non-hydrogen) atoms. The molecule has 0 unspecified atom stereocenters. The Kier molecular flexibility index (Phi) is 4.46. The molecule has 1 aliphatic rings. The minimum Gasteiger partial charge on any atom is -0.493 e. The van der Waals surface area contributed by atoms with Crippen LogP contribution >= 0.6 is 15.9 Å². The minimum atomic E-state index is 0.519. The van der Waals surface area contributed by atoms with Gasteiger partial charge in [-0.1, -0.05) is 28.1 Å². The Bertz CT molecular complexity index is 643. The summed E-state index contributed by atoms with van der Waals surface area (Å²) < 4.78 is 12.7. The predicted molar refractivity (Wildman–Crippen MR) is 86.9 cm³/mol. The minimum absolute atomic E-state index is 0.519. The lowest BCUT2D eigenvalue weighted by molar-refractivity contribution is 0.291. The van der Waals surface area contributed by atoms with Crippen LogP contribution in [0.3, 0.4) is 0 Å². The lowest BCUT2D eigenvalue weighted by Crippen LogP contribution is -2.05. The van der Waals surface area contributed by atoms with E-state index >= 15 is 0 Å². The van der Waals surface area contributed by atoms with Crippen molar-refractivity contribution in [2.24, 2.45) is 0 Å². The molecule has 0 atom stereocenters. The number of rotatable bonds is 5. The molecule has 2 aromatic carbocycles. The summed E-state index contributed by atoms with van der Waals surface area (Å²) in [6.07, 6.45) is 0.972. The zero-order chi connectivity index (χ0) is 14.7. The first-order valence-electron chi connectivity index (χ1n) is 7.06. The van der Waals surface area contributed by atoms with Crippen molar-refractivity contribution < 1.29 is 9.47 Å². The third kappa shape index (κ3) is 3.39. The van der Waals surface area contributed by atoms with Gasteiger partial charge in [0.2, 0.25) is 0 Å². The summed E-state index contributed by atoms with van der Waals surface area (Å²) in [6, 6.07) is 12.3. The molecule has 1 heterocycles. The number of nitrogens with one attached hydrogen (secondary N) is 1. The molecule has 0 saturated heterocycles. The van der Waals surface area contributed by atoms with Crippen molar-refractivity contribution in [3.8, 4) is 11.5 Å². The van der Waals surface area contributed by atoms with E-state index in [2.05, 4.69) is 45.5 Å². The molecule has 0 spiro atoms. The third-order valence-corrected chi connectivity index (χ3v) is 3.96. The molecule has 0 bridgehead atoms. The standard InChI is InChI=1S/C17H18BrNO2/c1-19-10-12-3-2-4-16(7-12)21-11-14-9-15(18)8-13-5-6-20-17(13)14/h2-4,7-9,19H,5-6,10-11H2,1H3. The molecular formula is C17H18BrNO2. The number of halogens is 1. The zero-order valence-corrected chi connectivity index (χ0v) is 13.6. The van der Waals surface area contributed by atoms with Crippen LogP contribution in [-0.2, 0) is 19.6 Å². The Balaban J connectivity index is 1.75. The zero-order valence-electron chi connectivity index (χ0n) is 12.0. The van der Waals surface area contributed by atoms with Gasteiger partial charge in [0.1, 0.15) is 18.1 Å². The number of ether oxygens (including phenoxy) is 2. The highest BCUT2D eigenvalue weighted by atomic mass is 79.9. The third-order valence-electron chi connectivity index (χ3n) is 3.50. The first-order chi connectivity index (χ1) is 10.3. The van der Waals surface area contributed by atoms with Gasteiger partial charge in [-0.2, -0.15) is 0 Å². The van der Waals surface area contributed by atoms with Crippen LogP contribution in [0.5, 0.6) is 11.5 Å². The van der Waals surface area contributed by atoms with Gasteiger partial charge in [-0.25, -0.2) is 0 Å². The smallest absolute Gasteiger partial charge is 0.129 e. The van der Waals surface area contributed by atoms with E-state index in [0.717, 1.165) is 41.1 Å². The quantitative estimate of drug-likeness (QED) is 0.894. The van der Waals surface area contributed by atoms with Gasteiger partial charge in [-0.3, -0.25) is 0 Å². The number of fused-ring (bicyclic) bond motifs is 1. The van der Waals surface area contributed by atoms with Gasteiger partial charge in [0.15, 0.2) is 0 Å². The van der Waals surface area contributed by atoms with Crippen LogP contribution in [0.4, 0.5) is 0 Å². The second kappa shape index (κ2) is 6.50. The van der Waals surface area contributed by atoms with Crippen molar-refractivity contribution in [2.45, 2.75) is 19.6 Å². The molecule has 4 heteroatoms. The Morgan fingerprint density at radius 1 is 1.29 bits per heavy atom. The van der Waals surface area contributed by atoms with Crippen molar-refractivity contribution in [3.05, 3.63) is 57.6 Å². The molecule has 0 radical (unpaired) electrons. The van der Waals surface area contributed by atoms with Crippen LogP contribution in [0.15, 0.2) is 40.9 Å². The highest BCUT2D eigenvalue weighted by Crippen LogP contribution is 2.33. The fourth-order valence-corrected chi connectivity index (χ4v) is 3.12. The second-order valence-corrected chi connectivity index (χ2v) is 6.03. The van der Waals surface area contributed by atoms with E-state index in [0.29, 0.717) is 6.61 Å². The highest BCUT2D eigenvalue weighted by molar-refractivity contribution is 9.10. The van der Waals surface area contributed by atoms with E-state index in [1.165, 1.54) is 11.1 Å².